The molecule has 2 amide bonds. The average Bonchev–Trinajstić information content (AvgIpc) is 3.98. The highest BCUT2D eigenvalue weighted by atomic mass is 32.2. The molecule has 0 aromatic carbocycles. The second-order valence-corrected chi connectivity index (χ2v) is 17.9. The lowest BCUT2D eigenvalue weighted by Crippen LogP contribution is -2.48. The Bertz CT molecular complexity index is 1690. The number of ketones is 2. The van der Waals surface area contributed by atoms with E-state index in [1.807, 2.05) is 38.3 Å². The lowest BCUT2D eigenvalue weighted by molar-refractivity contribution is -0.146. The molecule has 2 aromatic rings. The Morgan fingerprint density at radius 2 is 1.94 bits per heavy atom. The van der Waals surface area contributed by atoms with Crippen molar-refractivity contribution < 1.29 is 32.3 Å². The first kappa shape index (κ1) is 34.4. The molecule has 3 heterocycles. The zero-order chi connectivity index (χ0) is 34.4. The summed E-state index contributed by atoms with van der Waals surface area (Å²) in [5.74, 6) is -1.98. The number of carbonyl (C=O) groups excluding carboxylic acids is 4. The zero-order valence-corrected chi connectivity index (χ0v) is 29.4. The predicted octanol–water partition coefficient (Wildman–Crippen LogP) is 4.73. The van der Waals surface area contributed by atoms with Crippen LogP contribution in [0.3, 0.4) is 0 Å². The van der Waals surface area contributed by atoms with E-state index in [0.717, 1.165) is 17.7 Å². The van der Waals surface area contributed by atoms with Gasteiger partial charge in [0.05, 0.1) is 33.8 Å². The number of nitrogens with one attached hydrogen (secondary N) is 1. The van der Waals surface area contributed by atoms with Crippen molar-refractivity contribution in [3.05, 3.63) is 42.4 Å². The van der Waals surface area contributed by atoms with Crippen molar-refractivity contribution in [2.24, 2.45) is 28.6 Å². The lowest BCUT2D eigenvalue weighted by Gasteiger charge is -2.35. The largest absolute Gasteiger partial charge is 0.458 e. The molecule has 6 rings (SSSR count). The summed E-state index contributed by atoms with van der Waals surface area (Å²) in [4.78, 5) is 66.4. The van der Waals surface area contributed by atoms with Crippen LogP contribution in [-0.2, 0) is 29.2 Å². The monoisotopic (exact) mass is 696 g/mol. The lowest BCUT2D eigenvalue weighted by atomic mass is 9.76. The van der Waals surface area contributed by atoms with Crippen molar-refractivity contribution in [2.75, 3.05) is 6.54 Å². The van der Waals surface area contributed by atoms with Gasteiger partial charge in [0.25, 0.3) is 0 Å². The second-order valence-electron chi connectivity index (χ2n) is 15.0. The molecule has 0 radical (unpaired) electrons. The van der Waals surface area contributed by atoms with Gasteiger partial charge in [-0.15, -0.1) is 17.9 Å². The zero-order valence-electron chi connectivity index (χ0n) is 27.7. The van der Waals surface area contributed by atoms with E-state index in [1.165, 1.54) is 16.2 Å². The fourth-order valence-electron chi connectivity index (χ4n) is 6.77. The summed E-state index contributed by atoms with van der Waals surface area (Å²) in [5.41, 5.74) is -1.13. The first-order chi connectivity index (χ1) is 22.7. The number of thiophene rings is 1. The first-order valence-electron chi connectivity index (χ1n) is 16.8. The van der Waals surface area contributed by atoms with E-state index in [1.54, 1.807) is 18.3 Å². The molecule has 4 aliphatic rings. The summed E-state index contributed by atoms with van der Waals surface area (Å²) >= 11 is 1.53. The topological polar surface area (TPSA) is 153 Å². The first-order valence-corrected chi connectivity index (χ1v) is 19.2. The number of ether oxygens (including phenoxy) is 1. The molecule has 0 bridgehead atoms. The normalized spacial score (nSPS) is 26.1. The fourth-order valence-corrected chi connectivity index (χ4v) is 8.85. The van der Waals surface area contributed by atoms with Crippen LogP contribution in [0.5, 0.6) is 6.01 Å². The number of carbonyl (C=O) groups is 4. The van der Waals surface area contributed by atoms with E-state index in [-0.39, 0.29) is 55.2 Å². The van der Waals surface area contributed by atoms with Gasteiger partial charge in [-0.2, -0.15) is 4.98 Å². The van der Waals surface area contributed by atoms with E-state index in [9.17, 15) is 27.6 Å². The standard InChI is InChI=1S/C35H44N4O7S2/c1-5-22-18-35(22,32(43)38-48(44,45)25-10-11-25)19-29(41)28-17-24(46-33-36-13-12-27(37-33)30-7-6-14-47-30)20-39(28)31(42)26(34(2,3)4)16-23(40)15-21-8-9-21/h5-7,12-14,21-22,24-26,28H,1,8-11,15-20H2,2-4H3,(H,38,43)/t22?,24-,26-,28+,35-/m1/s1. The number of sulfonamides is 1. The molecule has 0 spiro atoms. The Kier molecular flexibility index (Phi) is 9.40. The maximum absolute atomic E-state index is 14.4. The predicted molar refractivity (Wildman–Crippen MR) is 180 cm³/mol. The number of hydrogen-bond donors (Lipinski definition) is 1. The molecule has 2 aromatic heterocycles. The van der Waals surface area contributed by atoms with Gasteiger partial charge in [0, 0.05) is 37.8 Å². The molecule has 11 nitrogen and oxygen atoms in total. The van der Waals surface area contributed by atoms with Gasteiger partial charge in [0.2, 0.25) is 21.8 Å². The molecular weight excluding hydrogens is 653 g/mol. The fraction of sp³-hybridized carbons (Fsp3) is 0.600. The van der Waals surface area contributed by atoms with E-state index >= 15 is 0 Å². The van der Waals surface area contributed by atoms with E-state index in [2.05, 4.69) is 21.3 Å². The summed E-state index contributed by atoms with van der Waals surface area (Å²) < 4.78 is 33.7. The average molecular weight is 697 g/mol. The van der Waals surface area contributed by atoms with Crippen LogP contribution in [-0.4, -0.2) is 70.6 Å². The number of rotatable bonds is 15. The minimum absolute atomic E-state index is 0.0405. The van der Waals surface area contributed by atoms with Crippen molar-refractivity contribution in [1.82, 2.24) is 19.6 Å². The highest BCUT2D eigenvalue weighted by Gasteiger charge is 2.61. The highest BCUT2D eigenvalue weighted by molar-refractivity contribution is 7.90. The van der Waals surface area contributed by atoms with Crippen LogP contribution >= 0.6 is 11.3 Å². The molecule has 1 N–H and O–H groups in total. The van der Waals surface area contributed by atoms with Crippen molar-refractivity contribution in [3.63, 3.8) is 0 Å². The van der Waals surface area contributed by atoms with Gasteiger partial charge in [-0.3, -0.25) is 23.9 Å². The molecule has 48 heavy (non-hydrogen) atoms. The number of Topliss-reactive ketones (excluding diaryl/α,β-unsaturated/α-hetero) is 2. The van der Waals surface area contributed by atoms with E-state index < -0.39 is 50.1 Å². The van der Waals surface area contributed by atoms with Crippen molar-refractivity contribution >= 4 is 44.7 Å². The van der Waals surface area contributed by atoms with Gasteiger partial charge in [-0.05, 0) is 66.9 Å². The maximum atomic E-state index is 14.4. The van der Waals surface area contributed by atoms with Crippen LogP contribution in [0.1, 0.15) is 78.6 Å². The Balaban J connectivity index is 1.25. The Labute approximate surface area is 286 Å². The molecule has 1 unspecified atom stereocenters. The van der Waals surface area contributed by atoms with Crippen molar-refractivity contribution in [2.45, 2.75) is 96.0 Å². The summed E-state index contributed by atoms with van der Waals surface area (Å²) in [6.07, 6.45) is 6.32. The van der Waals surface area contributed by atoms with Gasteiger partial charge in [-0.1, -0.05) is 32.9 Å². The molecular formula is C35H44N4O7S2. The van der Waals surface area contributed by atoms with Crippen LogP contribution in [0.15, 0.2) is 42.4 Å². The van der Waals surface area contributed by atoms with E-state index in [0.29, 0.717) is 37.3 Å². The summed E-state index contributed by atoms with van der Waals surface area (Å²) in [5, 5.41) is 1.36. The molecule has 3 aliphatic carbocycles. The number of allylic oxidation sites excluding steroid dienone is 1. The Hall–Kier alpha value is -3.45. The summed E-state index contributed by atoms with van der Waals surface area (Å²) in [6, 6.07) is 4.82. The van der Waals surface area contributed by atoms with Gasteiger partial charge in [0.1, 0.15) is 11.9 Å². The Morgan fingerprint density at radius 3 is 2.54 bits per heavy atom. The summed E-state index contributed by atoms with van der Waals surface area (Å²) in [7, 11) is -3.82. The number of likely N-dealkylation sites (tertiary alicyclic amines) is 1. The number of amides is 2. The third kappa shape index (κ3) is 7.56. The number of nitrogens with zero attached hydrogens (tertiary/aromatic N) is 3. The number of hydrogen-bond acceptors (Lipinski definition) is 10. The van der Waals surface area contributed by atoms with Gasteiger partial charge in [0.15, 0.2) is 5.78 Å². The van der Waals surface area contributed by atoms with Crippen LogP contribution in [0, 0.1) is 28.6 Å². The van der Waals surface area contributed by atoms with Crippen LogP contribution in [0.2, 0.25) is 0 Å². The third-order valence-electron chi connectivity index (χ3n) is 10.1. The quantitative estimate of drug-likeness (QED) is 0.261. The Morgan fingerprint density at radius 1 is 1.19 bits per heavy atom. The van der Waals surface area contributed by atoms with Gasteiger partial charge < -0.3 is 9.64 Å². The van der Waals surface area contributed by atoms with Crippen LogP contribution < -0.4 is 9.46 Å². The van der Waals surface area contributed by atoms with Crippen molar-refractivity contribution in [1.29, 1.82) is 0 Å². The second kappa shape index (κ2) is 13.1. The minimum atomic E-state index is -3.82. The smallest absolute Gasteiger partial charge is 0.317 e. The van der Waals surface area contributed by atoms with E-state index in [4.69, 9.17) is 4.74 Å². The van der Waals surface area contributed by atoms with Crippen molar-refractivity contribution in [3.8, 4) is 16.6 Å². The minimum Gasteiger partial charge on any atom is -0.458 e. The highest BCUT2D eigenvalue weighted by Crippen LogP contribution is 2.57. The third-order valence-corrected chi connectivity index (χ3v) is 12.9. The SMILES string of the molecule is C=CC1C[C@]1(CC(=O)[C@@H]1C[C@@H](Oc2nccc(-c3cccs3)n2)CN1C(=O)[C@@H](CC(=O)CC1CC1)C(C)(C)C)C(=O)NS(=O)(=O)C1CC1. The molecule has 3 saturated carbocycles. The molecule has 1 saturated heterocycles. The maximum Gasteiger partial charge on any atom is 0.317 e. The number of aromatic nitrogens is 2. The molecule has 13 heteroatoms. The van der Waals surface area contributed by atoms with Crippen LogP contribution in [0.25, 0.3) is 10.6 Å². The van der Waals surface area contributed by atoms with Crippen LogP contribution in [0.4, 0.5) is 0 Å². The van der Waals surface area contributed by atoms with Gasteiger partial charge in [-0.25, -0.2) is 13.4 Å². The molecule has 258 valence electrons. The molecule has 5 atom stereocenters. The molecule has 4 fully saturated rings. The molecule has 1 aliphatic heterocycles. The van der Waals surface area contributed by atoms with Gasteiger partial charge >= 0.3 is 6.01 Å². The summed E-state index contributed by atoms with van der Waals surface area (Å²) in [6.45, 7) is 9.64.